The van der Waals surface area contributed by atoms with Crippen molar-refractivity contribution < 1.29 is 14.1 Å². The highest BCUT2D eigenvalue weighted by Crippen LogP contribution is 2.16. The van der Waals surface area contributed by atoms with E-state index in [4.69, 9.17) is 9.26 Å². The van der Waals surface area contributed by atoms with Crippen LogP contribution in [0.2, 0.25) is 0 Å². The number of aromatic nitrogens is 3. The van der Waals surface area contributed by atoms with Crippen molar-refractivity contribution in [2.24, 2.45) is 0 Å². The number of hydrogen-bond donors (Lipinski definition) is 1. The largest absolute Gasteiger partial charge is 0.481 e. The summed E-state index contributed by atoms with van der Waals surface area (Å²) in [7, 11) is 1.54. The smallest absolute Gasteiger partial charge is 0.227 e. The number of benzene rings is 1. The van der Waals surface area contributed by atoms with Crippen LogP contribution in [0.1, 0.15) is 12.3 Å². The minimum Gasteiger partial charge on any atom is -0.481 e. The maximum atomic E-state index is 12.0. The zero-order valence-corrected chi connectivity index (χ0v) is 13.1. The van der Waals surface area contributed by atoms with Gasteiger partial charge in [0.25, 0.3) is 0 Å². The van der Waals surface area contributed by atoms with E-state index in [0.717, 1.165) is 5.56 Å². The number of nitrogens with zero attached hydrogens (tertiary/aromatic N) is 3. The Balaban J connectivity index is 1.53. The summed E-state index contributed by atoms with van der Waals surface area (Å²) in [5.74, 6) is 1.29. The number of rotatable bonds is 6. The van der Waals surface area contributed by atoms with Crippen molar-refractivity contribution in [1.29, 1.82) is 0 Å². The second-order valence-electron chi connectivity index (χ2n) is 5.02. The summed E-state index contributed by atoms with van der Waals surface area (Å²) in [5, 5.41) is 6.68. The predicted octanol–water partition coefficient (Wildman–Crippen LogP) is 2.71. The Kier molecular flexibility index (Phi) is 4.81. The van der Waals surface area contributed by atoms with Gasteiger partial charge in [-0.1, -0.05) is 35.5 Å². The number of methoxy groups -OCH3 is 1. The maximum absolute atomic E-state index is 12.0. The van der Waals surface area contributed by atoms with E-state index in [-0.39, 0.29) is 12.3 Å². The van der Waals surface area contributed by atoms with Crippen LogP contribution in [0.15, 0.2) is 53.2 Å². The number of aryl methyl sites for hydroxylation is 1. The molecule has 122 valence electrons. The molecule has 0 unspecified atom stereocenters. The molecule has 0 aliphatic rings. The first kappa shape index (κ1) is 15.7. The van der Waals surface area contributed by atoms with E-state index >= 15 is 0 Å². The average molecular weight is 324 g/mol. The molecule has 3 aromatic rings. The number of carbonyl (C=O) groups is 1. The van der Waals surface area contributed by atoms with Crippen LogP contribution in [0.3, 0.4) is 0 Å². The minimum absolute atomic E-state index is 0.151. The van der Waals surface area contributed by atoms with Gasteiger partial charge in [0.15, 0.2) is 0 Å². The van der Waals surface area contributed by atoms with E-state index in [1.807, 2.05) is 30.3 Å². The molecule has 0 spiro atoms. The summed E-state index contributed by atoms with van der Waals surface area (Å²) in [4.78, 5) is 20.3. The summed E-state index contributed by atoms with van der Waals surface area (Å²) < 4.78 is 10.1. The third kappa shape index (κ3) is 3.95. The Hall–Kier alpha value is -3.22. The van der Waals surface area contributed by atoms with Crippen molar-refractivity contribution in [2.75, 3.05) is 12.4 Å². The standard InChI is InChI=1S/C17H16N4O3/c1-23-15-9-7-13(11-18-15)19-14(22)8-10-16-20-17(21-24-16)12-5-3-2-4-6-12/h2-7,9,11H,8,10H2,1H3,(H,19,22). The number of hydrogen-bond acceptors (Lipinski definition) is 6. The SMILES string of the molecule is COc1ccc(NC(=O)CCc2nc(-c3ccccc3)no2)cn1. The fourth-order valence-corrected chi connectivity index (χ4v) is 2.08. The van der Waals surface area contributed by atoms with Crippen LogP contribution < -0.4 is 10.1 Å². The third-order valence-corrected chi connectivity index (χ3v) is 3.30. The summed E-state index contributed by atoms with van der Waals surface area (Å²) in [6, 6.07) is 12.9. The van der Waals surface area contributed by atoms with Gasteiger partial charge in [-0.05, 0) is 6.07 Å². The van der Waals surface area contributed by atoms with Gasteiger partial charge >= 0.3 is 0 Å². The summed E-state index contributed by atoms with van der Waals surface area (Å²) in [6.07, 6.45) is 2.15. The molecule has 1 amide bonds. The topological polar surface area (TPSA) is 90.1 Å². The van der Waals surface area contributed by atoms with Crippen LogP contribution in [-0.2, 0) is 11.2 Å². The number of amides is 1. The molecule has 24 heavy (non-hydrogen) atoms. The van der Waals surface area contributed by atoms with E-state index in [0.29, 0.717) is 29.7 Å². The van der Waals surface area contributed by atoms with Crippen LogP contribution in [0, 0.1) is 0 Å². The van der Waals surface area contributed by atoms with E-state index in [2.05, 4.69) is 20.4 Å². The van der Waals surface area contributed by atoms with E-state index in [9.17, 15) is 4.79 Å². The Bertz CT molecular complexity index is 800. The van der Waals surface area contributed by atoms with Gasteiger partial charge in [-0.25, -0.2) is 4.98 Å². The molecule has 7 nitrogen and oxygen atoms in total. The van der Waals surface area contributed by atoms with Gasteiger partial charge in [-0.3, -0.25) is 4.79 Å². The number of anilines is 1. The zero-order valence-electron chi connectivity index (χ0n) is 13.1. The van der Waals surface area contributed by atoms with Gasteiger partial charge in [0.1, 0.15) is 0 Å². The molecular weight excluding hydrogens is 308 g/mol. The Morgan fingerprint density at radius 1 is 1.21 bits per heavy atom. The quantitative estimate of drug-likeness (QED) is 0.750. The summed E-state index contributed by atoms with van der Waals surface area (Å²) >= 11 is 0. The first-order chi connectivity index (χ1) is 11.7. The van der Waals surface area contributed by atoms with Crippen LogP contribution in [-0.4, -0.2) is 28.1 Å². The molecule has 2 heterocycles. The third-order valence-electron chi connectivity index (χ3n) is 3.30. The first-order valence-corrected chi connectivity index (χ1v) is 7.42. The molecule has 0 bridgehead atoms. The molecule has 1 N–H and O–H groups in total. The van der Waals surface area contributed by atoms with Gasteiger partial charge in [-0.15, -0.1) is 0 Å². The molecule has 0 saturated carbocycles. The van der Waals surface area contributed by atoms with E-state index in [1.165, 1.54) is 13.3 Å². The molecule has 7 heteroatoms. The Morgan fingerprint density at radius 3 is 2.75 bits per heavy atom. The Morgan fingerprint density at radius 2 is 2.04 bits per heavy atom. The minimum atomic E-state index is -0.151. The van der Waals surface area contributed by atoms with Crippen molar-refractivity contribution in [3.63, 3.8) is 0 Å². The second kappa shape index (κ2) is 7.36. The maximum Gasteiger partial charge on any atom is 0.227 e. The van der Waals surface area contributed by atoms with Gasteiger partial charge in [0.2, 0.25) is 23.5 Å². The van der Waals surface area contributed by atoms with Crippen molar-refractivity contribution in [3.8, 4) is 17.3 Å². The highest BCUT2D eigenvalue weighted by Gasteiger charge is 2.10. The molecule has 0 radical (unpaired) electrons. The molecule has 3 rings (SSSR count). The lowest BCUT2D eigenvalue weighted by Crippen LogP contribution is -2.12. The predicted molar refractivity (Wildman–Crippen MR) is 87.5 cm³/mol. The van der Waals surface area contributed by atoms with Crippen molar-refractivity contribution in [1.82, 2.24) is 15.1 Å². The van der Waals surface area contributed by atoms with Crippen molar-refractivity contribution >= 4 is 11.6 Å². The molecule has 0 saturated heterocycles. The lowest BCUT2D eigenvalue weighted by molar-refractivity contribution is -0.116. The zero-order chi connectivity index (χ0) is 16.8. The van der Waals surface area contributed by atoms with Gasteiger partial charge in [-0.2, -0.15) is 4.98 Å². The highest BCUT2D eigenvalue weighted by atomic mass is 16.5. The number of nitrogens with one attached hydrogen (secondary N) is 1. The van der Waals surface area contributed by atoms with E-state index < -0.39 is 0 Å². The molecule has 0 aliphatic heterocycles. The Labute approximate surface area is 138 Å². The van der Waals surface area contributed by atoms with Crippen LogP contribution >= 0.6 is 0 Å². The second-order valence-corrected chi connectivity index (χ2v) is 5.02. The van der Waals surface area contributed by atoms with Crippen LogP contribution in [0.5, 0.6) is 5.88 Å². The van der Waals surface area contributed by atoms with Crippen molar-refractivity contribution in [2.45, 2.75) is 12.8 Å². The van der Waals surface area contributed by atoms with Crippen LogP contribution in [0.25, 0.3) is 11.4 Å². The molecule has 1 aromatic carbocycles. The molecule has 0 fully saturated rings. The number of pyridine rings is 1. The number of ether oxygens (including phenoxy) is 1. The average Bonchev–Trinajstić information content (AvgIpc) is 3.10. The highest BCUT2D eigenvalue weighted by molar-refractivity contribution is 5.90. The van der Waals surface area contributed by atoms with Gasteiger partial charge in [0, 0.05) is 24.5 Å². The lowest BCUT2D eigenvalue weighted by Gasteiger charge is -2.04. The van der Waals surface area contributed by atoms with Gasteiger partial charge in [0.05, 0.1) is 19.0 Å². The van der Waals surface area contributed by atoms with Gasteiger partial charge < -0.3 is 14.6 Å². The molecule has 2 aromatic heterocycles. The molecule has 0 atom stereocenters. The summed E-state index contributed by atoms with van der Waals surface area (Å²) in [6.45, 7) is 0. The van der Waals surface area contributed by atoms with E-state index in [1.54, 1.807) is 12.1 Å². The fraction of sp³-hybridized carbons (Fsp3) is 0.176. The molecular formula is C17H16N4O3. The first-order valence-electron chi connectivity index (χ1n) is 7.42. The molecule has 0 aliphatic carbocycles. The van der Waals surface area contributed by atoms with Crippen LogP contribution in [0.4, 0.5) is 5.69 Å². The number of carbonyl (C=O) groups excluding carboxylic acids is 1. The monoisotopic (exact) mass is 324 g/mol. The summed E-state index contributed by atoms with van der Waals surface area (Å²) in [5.41, 5.74) is 1.48. The lowest BCUT2D eigenvalue weighted by atomic mass is 10.2. The fourth-order valence-electron chi connectivity index (χ4n) is 2.08. The van der Waals surface area contributed by atoms with Crippen molar-refractivity contribution in [3.05, 3.63) is 54.6 Å². The normalized spacial score (nSPS) is 10.4.